The van der Waals surface area contributed by atoms with E-state index in [1.54, 1.807) is 12.4 Å². The number of aromatic nitrogens is 3. The van der Waals surface area contributed by atoms with Crippen molar-refractivity contribution in [3.63, 3.8) is 0 Å². The first-order valence-corrected chi connectivity index (χ1v) is 3.57. The van der Waals surface area contributed by atoms with Gasteiger partial charge in [-0.3, -0.25) is 4.57 Å². The molecule has 2 aromatic rings. The van der Waals surface area contributed by atoms with Crippen LogP contribution >= 0.6 is 0 Å². The number of rotatable bonds is 1. The summed E-state index contributed by atoms with van der Waals surface area (Å²) in [7, 11) is 0. The minimum atomic E-state index is 0.575. The Morgan fingerprint density at radius 3 is 2.25 bits per heavy atom. The predicted octanol–water partition coefficient (Wildman–Crippen LogP) is 0.850. The van der Waals surface area contributed by atoms with Crippen molar-refractivity contribution in [1.82, 2.24) is 14.5 Å². The molecule has 0 amide bonds. The fraction of sp³-hybridized carbons (Fsp3) is 0. The van der Waals surface area contributed by atoms with E-state index < -0.39 is 0 Å². The highest BCUT2D eigenvalue weighted by atomic mass is 15.1. The second-order valence-corrected chi connectivity index (χ2v) is 2.41. The van der Waals surface area contributed by atoms with Gasteiger partial charge in [0, 0.05) is 12.4 Å². The lowest BCUT2D eigenvalue weighted by Crippen LogP contribution is -1.98. The van der Waals surface area contributed by atoms with Crippen molar-refractivity contribution >= 4 is 5.69 Å². The molecule has 2 aromatic heterocycles. The molecule has 60 valence electrons. The molecule has 2 heterocycles. The van der Waals surface area contributed by atoms with Crippen LogP contribution in [0.15, 0.2) is 36.9 Å². The van der Waals surface area contributed by atoms with E-state index in [0.29, 0.717) is 11.6 Å². The zero-order valence-corrected chi connectivity index (χ0v) is 6.38. The Hall–Kier alpha value is -1.84. The van der Waals surface area contributed by atoms with Gasteiger partial charge in [0.05, 0.1) is 18.1 Å². The molecule has 0 radical (unpaired) electrons. The maximum Gasteiger partial charge on any atom is 0.233 e. The molecule has 0 saturated carbocycles. The van der Waals surface area contributed by atoms with Crippen molar-refractivity contribution in [3.05, 3.63) is 36.9 Å². The summed E-state index contributed by atoms with van der Waals surface area (Å²) in [6.45, 7) is 0. The summed E-state index contributed by atoms with van der Waals surface area (Å²) in [5.41, 5.74) is 6.02. The third-order valence-corrected chi connectivity index (χ3v) is 1.49. The van der Waals surface area contributed by atoms with E-state index in [1.165, 1.54) is 0 Å². The van der Waals surface area contributed by atoms with Crippen molar-refractivity contribution < 1.29 is 0 Å². The minimum Gasteiger partial charge on any atom is -0.396 e. The molecule has 0 spiro atoms. The summed E-state index contributed by atoms with van der Waals surface area (Å²) in [5, 5.41) is 0. The average molecular weight is 160 g/mol. The molecule has 12 heavy (non-hydrogen) atoms. The van der Waals surface area contributed by atoms with Gasteiger partial charge in [-0.2, -0.15) is 0 Å². The number of nitrogens with zero attached hydrogens (tertiary/aromatic N) is 3. The van der Waals surface area contributed by atoms with E-state index in [0.717, 1.165) is 0 Å². The maximum atomic E-state index is 5.45. The fourth-order valence-electron chi connectivity index (χ4n) is 0.932. The highest BCUT2D eigenvalue weighted by Gasteiger charge is 1.95. The van der Waals surface area contributed by atoms with E-state index in [1.807, 2.05) is 29.1 Å². The Kier molecular flexibility index (Phi) is 1.51. The quantitative estimate of drug-likeness (QED) is 0.672. The lowest BCUT2D eigenvalue weighted by atomic mass is 10.6. The third kappa shape index (κ3) is 1.14. The summed E-state index contributed by atoms with van der Waals surface area (Å²) in [4.78, 5) is 8.10. The summed E-state index contributed by atoms with van der Waals surface area (Å²) in [5.74, 6) is 0.634. The molecule has 0 bridgehead atoms. The zero-order chi connectivity index (χ0) is 8.39. The molecule has 2 N–H and O–H groups in total. The lowest BCUT2D eigenvalue weighted by Gasteiger charge is -1.98. The summed E-state index contributed by atoms with van der Waals surface area (Å²) in [6, 6.07) is 3.83. The zero-order valence-electron chi connectivity index (χ0n) is 6.38. The first kappa shape index (κ1) is 6.84. The number of nitrogens with two attached hydrogens (primary N) is 1. The Morgan fingerprint density at radius 1 is 1.08 bits per heavy atom. The van der Waals surface area contributed by atoms with Crippen LogP contribution in [0.25, 0.3) is 5.95 Å². The molecule has 0 aliphatic heterocycles. The summed E-state index contributed by atoms with van der Waals surface area (Å²) in [6.07, 6.45) is 6.93. The number of nitrogen functional groups attached to an aromatic ring is 1. The van der Waals surface area contributed by atoms with Crippen molar-refractivity contribution in [2.24, 2.45) is 0 Å². The second kappa shape index (κ2) is 2.65. The van der Waals surface area contributed by atoms with Crippen LogP contribution in [0.1, 0.15) is 0 Å². The Balaban J connectivity index is 2.43. The average Bonchev–Trinajstić information content (AvgIpc) is 2.58. The van der Waals surface area contributed by atoms with Gasteiger partial charge in [-0.15, -0.1) is 0 Å². The molecule has 0 unspecified atom stereocenters. The van der Waals surface area contributed by atoms with Gasteiger partial charge in [-0.05, 0) is 12.1 Å². The Bertz CT molecular complexity index is 349. The van der Waals surface area contributed by atoms with Gasteiger partial charge >= 0.3 is 0 Å². The molecular weight excluding hydrogens is 152 g/mol. The van der Waals surface area contributed by atoms with Gasteiger partial charge in [0.15, 0.2) is 0 Å². The first-order valence-electron chi connectivity index (χ1n) is 3.57. The van der Waals surface area contributed by atoms with Crippen LogP contribution in [0.2, 0.25) is 0 Å². The van der Waals surface area contributed by atoms with Crippen LogP contribution in [-0.4, -0.2) is 14.5 Å². The summed E-state index contributed by atoms with van der Waals surface area (Å²) < 4.78 is 1.82. The standard InChI is InChI=1S/C8H8N4/c9-7-5-10-8(11-6-7)12-3-1-2-4-12/h1-6H,9H2. The van der Waals surface area contributed by atoms with Gasteiger partial charge in [-0.1, -0.05) is 0 Å². The largest absolute Gasteiger partial charge is 0.396 e. The van der Waals surface area contributed by atoms with E-state index in [9.17, 15) is 0 Å². The SMILES string of the molecule is Nc1cnc(-n2cccc2)nc1. The van der Waals surface area contributed by atoms with E-state index in [4.69, 9.17) is 5.73 Å². The Morgan fingerprint density at radius 2 is 1.67 bits per heavy atom. The van der Waals surface area contributed by atoms with E-state index >= 15 is 0 Å². The number of hydrogen-bond acceptors (Lipinski definition) is 3. The van der Waals surface area contributed by atoms with Crippen LogP contribution < -0.4 is 5.73 Å². The molecule has 0 saturated heterocycles. The van der Waals surface area contributed by atoms with Gasteiger partial charge in [0.2, 0.25) is 5.95 Å². The van der Waals surface area contributed by atoms with Crippen molar-refractivity contribution in [1.29, 1.82) is 0 Å². The maximum absolute atomic E-state index is 5.45. The smallest absolute Gasteiger partial charge is 0.233 e. The van der Waals surface area contributed by atoms with Gasteiger partial charge in [0.25, 0.3) is 0 Å². The number of anilines is 1. The Labute approximate surface area is 69.7 Å². The van der Waals surface area contributed by atoms with Gasteiger partial charge in [0.1, 0.15) is 0 Å². The topological polar surface area (TPSA) is 56.7 Å². The molecule has 2 rings (SSSR count). The second-order valence-electron chi connectivity index (χ2n) is 2.41. The highest BCUT2D eigenvalue weighted by Crippen LogP contribution is 2.02. The number of hydrogen-bond donors (Lipinski definition) is 1. The fourth-order valence-corrected chi connectivity index (χ4v) is 0.932. The molecule has 0 aliphatic carbocycles. The first-order chi connectivity index (χ1) is 5.86. The van der Waals surface area contributed by atoms with Gasteiger partial charge < -0.3 is 5.73 Å². The molecular formula is C8H8N4. The minimum absolute atomic E-state index is 0.575. The van der Waals surface area contributed by atoms with Crippen LogP contribution in [0.4, 0.5) is 5.69 Å². The normalized spacial score (nSPS) is 10.0. The highest BCUT2D eigenvalue weighted by molar-refractivity contribution is 5.32. The molecule has 0 aliphatic rings. The molecule has 4 nitrogen and oxygen atoms in total. The molecule has 0 aromatic carbocycles. The van der Waals surface area contributed by atoms with E-state index in [2.05, 4.69) is 9.97 Å². The monoisotopic (exact) mass is 160 g/mol. The van der Waals surface area contributed by atoms with Gasteiger partial charge in [-0.25, -0.2) is 9.97 Å². The van der Waals surface area contributed by atoms with Crippen LogP contribution in [0, 0.1) is 0 Å². The van der Waals surface area contributed by atoms with Crippen molar-refractivity contribution in [3.8, 4) is 5.95 Å². The van der Waals surface area contributed by atoms with Crippen molar-refractivity contribution in [2.45, 2.75) is 0 Å². The van der Waals surface area contributed by atoms with E-state index in [-0.39, 0.29) is 0 Å². The summed E-state index contributed by atoms with van der Waals surface area (Å²) >= 11 is 0. The third-order valence-electron chi connectivity index (χ3n) is 1.49. The molecule has 0 fully saturated rings. The van der Waals surface area contributed by atoms with Crippen LogP contribution in [0.3, 0.4) is 0 Å². The molecule has 4 heteroatoms. The van der Waals surface area contributed by atoms with Crippen LogP contribution in [0.5, 0.6) is 0 Å². The van der Waals surface area contributed by atoms with Crippen molar-refractivity contribution in [2.75, 3.05) is 5.73 Å². The van der Waals surface area contributed by atoms with Crippen LogP contribution in [-0.2, 0) is 0 Å². The molecule has 0 atom stereocenters. The predicted molar refractivity (Wildman–Crippen MR) is 45.8 cm³/mol. The lowest BCUT2D eigenvalue weighted by molar-refractivity contribution is 0.937.